The molecule has 0 aromatic heterocycles. The molecule has 0 saturated carbocycles. The summed E-state index contributed by atoms with van der Waals surface area (Å²) in [6, 6.07) is 5.34. The number of hydrogen-bond donors (Lipinski definition) is 0. The fraction of sp³-hybridized carbons (Fsp3) is 0.438. The van der Waals surface area contributed by atoms with Crippen LogP contribution in [-0.2, 0) is 14.3 Å². The Balaban J connectivity index is 1.87. The first-order valence-corrected chi connectivity index (χ1v) is 7.16. The lowest BCUT2D eigenvalue weighted by molar-refractivity contribution is -0.153. The Morgan fingerprint density at radius 1 is 1.48 bits per heavy atom. The summed E-state index contributed by atoms with van der Waals surface area (Å²) in [5, 5.41) is 8.89. The van der Waals surface area contributed by atoms with Crippen molar-refractivity contribution >= 4 is 11.9 Å². The fourth-order valence-corrected chi connectivity index (χ4v) is 3.34. The Hall–Kier alpha value is -2.46. The predicted octanol–water partition coefficient (Wildman–Crippen LogP) is 0.959. The summed E-state index contributed by atoms with van der Waals surface area (Å²) in [7, 11) is 1.31. The van der Waals surface area contributed by atoms with Crippen LogP contribution in [0, 0.1) is 28.5 Å². The highest BCUT2D eigenvalue weighted by Crippen LogP contribution is 2.42. The van der Waals surface area contributed by atoms with Crippen LogP contribution < -0.4 is 0 Å². The Kier molecular flexibility index (Phi) is 3.78. The molecule has 0 unspecified atom stereocenters. The van der Waals surface area contributed by atoms with Gasteiger partial charge in [0.15, 0.2) is 0 Å². The predicted molar refractivity (Wildman–Crippen MR) is 75.8 cm³/mol. The molecule has 2 atom stereocenters. The van der Waals surface area contributed by atoms with Crippen LogP contribution in [0.5, 0.6) is 0 Å². The minimum Gasteiger partial charge on any atom is -0.468 e. The number of benzene rings is 1. The van der Waals surface area contributed by atoms with Crippen molar-refractivity contribution in [2.24, 2.45) is 11.3 Å². The zero-order valence-electron chi connectivity index (χ0n) is 12.5. The summed E-state index contributed by atoms with van der Waals surface area (Å²) in [4.78, 5) is 26.2. The van der Waals surface area contributed by atoms with Crippen molar-refractivity contribution in [2.75, 3.05) is 33.4 Å². The number of rotatable bonds is 2. The topological polar surface area (TPSA) is 79.6 Å². The SMILES string of the molecule is COC(=O)[C@@]12COC[C@@H]1CN(C(=O)c1cc(F)cc(C#N)c1)C2. The Labute approximate surface area is 132 Å². The fourth-order valence-electron chi connectivity index (χ4n) is 3.34. The quantitative estimate of drug-likeness (QED) is 0.759. The summed E-state index contributed by atoms with van der Waals surface area (Å²) in [6.07, 6.45) is 0. The average Bonchev–Trinajstić information content (AvgIpc) is 3.10. The molecular formula is C16H15FN2O4. The number of fused-ring (bicyclic) bond motifs is 1. The van der Waals surface area contributed by atoms with Gasteiger partial charge in [-0.05, 0) is 18.2 Å². The maximum Gasteiger partial charge on any atom is 0.316 e. The van der Waals surface area contributed by atoms with E-state index < -0.39 is 23.1 Å². The van der Waals surface area contributed by atoms with Crippen molar-refractivity contribution in [3.05, 3.63) is 35.1 Å². The number of carbonyl (C=O) groups is 2. The van der Waals surface area contributed by atoms with Crippen LogP contribution in [0.15, 0.2) is 18.2 Å². The minimum absolute atomic E-state index is 0.0822. The molecule has 2 aliphatic heterocycles. The third kappa shape index (κ3) is 2.45. The summed E-state index contributed by atoms with van der Waals surface area (Å²) < 4.78 is 23.8. The first kappa shape index (κ1) is 15.4. The monoisotopic (exact) mass is 318 g/mol. The van der Waals surface area contributed by atoms with E-state index >= 15 is 0 Å². The maximum atomic E-state index is 13.5. The number of halogens is 1. The number of ether oxygens (including phenoxy) is 2. The Bertz CT molecular complexity index is 715. The molecule has 1 aromatic carbocycles. The number of likely N-dealkylation sites (tertiary alicyclic amines) is 1. The highest BCUT2D eigenvalue weighted by Gasteiger charge is 2.57. The molecule has 0 spiro atoms. The summed E-state index contributed by atoms with van der Waals surface area (Å²) in [5.41, 5.74) is -0.670. The van der Waals surface area contributed by atoms with Crippen LogP contribution in [0.25, 0.3) is 0 Å². The van der Waals surface area contributed by atoms with Gasteiger partial charge >= 0.3 is 5.97 Å². The molecule has 1 aromatic rings. The second-order valence-electron chi connectivity index (χ2n) is 5.89. The molecule has 0 N–H and O–H groups in total. The molecule has 0 aliphatic carbocycles. The molecule has 6 nitrogen and oxygen atoms in total. The molecule has 3 rings (SSSR count). The highest BCUT2D eigenvalue weighted by atomic mass is 19.1. The second kappa shape index (κ2) is 5.63. The van der Waals surface area contributed by atoms with Crippen LogP contribution in [0.2, 0.25) is 0 Å². The molecule has 2 fully saturated rings. The molecule has 2 aliphatic rings. The molecule has 0 radical (unpaired) electrons. The van der Waals surface area contributed by atoms with Gasteiger partial charge in [-0.15, -0.1) is 0 Å². The molecule has 2 heterocycles. The third-order valence-electron chi connectivity index (χ3n) is 4.53. The van der Waals surface area contributed by atoms with Crippen LogP contribution >= 0.6 is 0 Å². The highest BCUT2D eigenvalue weighted by molar-refractivity contribution is 5.95. The third-order valence-corrected chi connectivity index (χ3v) is 4.53. The van der Waals surface area contributed by atoms with Crippen LogP contribution in [-0.4, -0.2) is 50.2 Å². The van der Waals surface area contributed by atoms with Gasteiger partial charge in [0.05, 0.1) is 32.0 Å². The number of nitrogens with zero attached hydrogens (tertiary/aromatic N) is 2. The second-order valence-corrected chi connectivity index (χ2v) is 5.89. The van der Waals surface area contributed by atoms with Gasteiger partial charge in [-0.2, -0.15) is 5.26 Å². The first-order valence-electron chi connectivity index (χ1n) is 7.16. The van der Waals surface area contributed by atoms with Crippen molar-refractivity contribution in [1.29, 1.82) is 5.26 Å². The standard InChI is InChI=1S/C16H15FN2O4/c1-22-15(21)16-8-19(6-12(16)7-23-9-16)14(20)11-2-10(5-18)3-13(17)4-11/h2-4,12H,6-9H2,1H3/t12-,16-/m0/s1. The number of hydrogen-bond acceptors (Lipinski definition) is 5. The number of nitriles is 1. The van der Waals surface area contributed by atoms with Gasteiger partial charge in [0.25, 0.3) is 5.91 Å². The van der Waals surface area contributed by atoms with Crippen molar-refractivity contribution in [1.82, 2.24) is 4.90 Å². The van der Waals surface area contributed by atoms with Crippen LogP contribution in [0.3, 0.4) is 0 Å². The van der Waals surface area contributed by atoms with Gasteiger partial charge in [-0.1, -0.05) is 0 Å². The van der Waals surface area contributed by atoms with E-state index in [0.29, 0.717) is 13.2 Å². The van der Waals surface area contributed by atoms with Crippen LogP contribution in [0.4, 0.5) is 4.39 Å². The van der Waals surface area contributed by atoms with Gasteiger partial charge < -0.3 is 14.4 Å². The number of methoxy groups -OCH3 is 1. The molecule has 7 heteroatoms. The zero-order valence-corrected chi connectivity index (χ0v) is 12.5. The van der Waals surface area contributed by atoms with Crippen LogP contribution in [0.1, 0.15) is 15.9 Å². The smallest absolute Gasteiger partial charge is 0.316 e. The number of carbonyl (C=O) groups excluding carboxylic acids is 2. The zero-order chi connectivity index (χ0) is 16.6. The normalized spacial score (nSPS) is 25.8. The van der Waals surface area contributed by atoms with E-state index in [1.54, 1.807) is 0 Å². The minimum atomic E-state index is -0.851. The van der Waals surface area contributed by atoms with E-state index in [1.165, 1.54) is 18.1 Å². The van der Waals surface area contributed by atoms with E-state index in [4.69, 9.17) is 14.7 Å². The van der Waals surface area contributed by atoms with Gasteiger partial charge in [-0.3, -0.25) is 9.59 Å². The van der Waals surface area contributed by atoms with E-state index in [1.807, 2.05) is 6.07 Å². The summed E-state index contributed by atoms with van der Waals surface area (Å²) in [5.74, 6) is -1.58. The first-order chi connectivity index (χ1) is 11.0. The Morgan fingerprint density at radius 3 is 2.96 bits per heavy atom. The Morgan fingerprint density at radius 2 is 2.26 bits per heavy atom. The molecule has 2 saturated heterocycles. The van der Waals surface area contributed by atoms with E-state index in [2.05, 4.69) is 0 Å². The van der Waals surface area contributed by atoms with Crippen molar-refractivity contribution < 1.29 is 23.5 Å². The van der Waals surface area contributed by atoms with Crippen molar-refractivity contribution in [3.63, 3.8) is 0 Å². The average molecular weight is 318 g/mol. The molecule has 120 valence electrons. The lowest BCUT2D eigenvalue weighted by atomic mass is 9.81. The van der Waals surface area contributed by atoms with Gasteiger partial charge in [0.2, 0.25) is 0 Å². The summed E-state index contributed by atoms with van der Waals surface area (Å²) >= 11 is 0. The molecular weight excluding hydrogens is 303 g/mol. The number of amides is 1. The van der Waals surface area contributed by atoms with E-state index in [-0.39, 0.29) is 30.2 Å². The van der Waals surface area contributed by atoms with Gasteiger partial charge in [-0.25, -0.2) is 4.39 Å². The largest absolute Gasteiger partial charge is 0.468 e. The number of esters is 1. The molecule has 1 amide bonds. The van der Waals surface area contributed by atoms with E-state index in [9.17, 15) is 14.0 Å². The maximum absolute atomic E-state index is 13.5. The lowest BCUT2D eigenvalue weighted by Crippen LogP contribution is -2.41. The van der Waals surface area contributed by atoms with Crippen molar-refractivity contribution in [3.8, 4) is 6.07 Å². The van der Waals surface area contributed by atoms with E-state index in [0.717, 1.165) is 12.1 Å². The van der Waals surface area contributed by atoms with Crippen molar-refractivity contribution in [2.45, 2.75) is 0 Å². The summed E-state index contributed by atoms with van der Waals surface area (Å²) in [6.45, 7) is 1.10. The van der Waals surface area contributed by atoms with Gasteiger partial charge in [0.1, 0.15) is 11.2 Å². The molecule has 23 heavy (non-hydrogen) atoms. The van der Waals surface area contributed by atoms with Gasteiger partial charge in [0, 0.05) is 24.6 Å². The lowest BCUT2D eigenvalue weighted by Gasteiger charge is -2.23. The molecule has 0 bridgehead atoms.